The van der Waals surface area contributed by atoms with E-state index in [1.165, 1.54) is 28.8 Å². The molecule has 3 unspecified atom stereocenters. The summed E-state index contributed by atoms with van der Waals surface area (Å²) in [4.78, 5) is 41.5. The highest BCUT2D eigenvalue weighted by atomic mass is 32.2. The number of anilines is 1. The molecule has 3 aromatic carbocycles. The van der Waals surface area contributed by atoms with Crippen LogP contribution in [0.25, 0.3) is 0 Å². The quantitative estimate of drug-likeness (QED) is 0.264. The lowest BCUT2D eigenvalue weighted by Gasteiger charge is -2.33. The van der Waals surface area contributed by atoms with Crippen molar-refractivity contribution in [2.45, 2.75) is 62.8 Å². The smallest absolute Gasteiger partial charge is 0.381 e. The number of urea groups is 1. The Morgan fingerprint density at radius 3 is 2.32 bits per heavy atom. The summed E-state index contributed by atoms with van der Waals surface area (Å²) in [6, 6.07) is 17.6. The Morgan fingerprint density at radius 1 is 1.00 bits per heavy atom. The zero-order valence-electron chi connectivity index (χ0n) is 24.5. The number of nitrogens with zero attached hydrogens (tertiary/aromatic N) is 1. The number of aliphatic hydroxyl groups excluding tert-OH is 1. The van der Waals surface area contributed by atoms with Gasteiger partial charge in [-0.3, -0.25) is 9.59 Å². The van der Waals surface area contributed by atoms with Crippen molar-refractivity contribution in [1.82, 2.24) is 15.5 Å². The van der Waals surface area contributed by atoms with Crippen molar-refractivity contribution in [1.29, 1.82) is 0 Å². The number of benzene rings is 3. The summed E-state index contributed by atoms with van der Waals surface area (Å²) in [6.45, 7) is 5.85. The van der Waals surface area contributed by atoms with E-state index in [-0.39, 0.29) is 18.8 Å². The van der Waals surface area contributed by atoms with Crippen LogP contribution in [0, 0.1) is 6.92 Å². The SMILES string of the molecule is Cc1ccccc1CNC(=O)C1N(C(=O)C(O)C(Cc2ccccc2)NC(=O)Nc2ccccc2C(F)(F)F)CSC1(C)C. The number of amides is 4. The predicted octanol–water partition coefficient (Wildman–Crippen LogP) is 5.10. The lowest BCUT2D eigenvalue weighted by molar-refractivity contribution is -0.147. The Balaban J connectivity index is 1.54. The molecule has 0 aromatic heterocycles. The number of thioether (sulfide) groups is 1. The maximum absolute atomic E-state index is 13.8. The summed E-state index contributed by atoms with van der Waals surface area (Å²) in [5.74, 6) is -1.05. The number of para-hydroxylation sites is 1. The first kappa shape index (κ1) is 32.9. The van der Waals surface area contributed by atoms with Gasteiger partial charge in [-0.2, -0.15) is 13.2 Å². The Bertz CT molecular complexity index is 1490. The predicted molar refractivity (Wildman–Crippen MR) is 164 cm³/mol. The fraction of sp³-hybridized carbons (Fsp3) is 0.344. The number of aryl methyl sites for hydroxylation is 1. The number of carbonyl (C=O) groups is 3. The lowest BCUT2D eigenvalue weighted by atomic mass is 9.97. The van der Waals surface area contributed by atoms with Gasteiger partial charge in [0.1, 0.15) is 6.04 Å². The third-order valence-electron chi connectivity index (χ3n) is 7.52. The number of alkyl halides is 3. The lowest BCUT2D eigenvalue weighted by Crippen LogP contribution is -2.59. The van der Waals surface area contributed by atoms with E-state index in [1.807, 2.05) is 45.0 Å². The second kappa shape index (κ2) is 13.7. The van der Waals surface area contributed by atoms with Gasteiger partial charge in [-0.15, -0.1) is 11.8 Å². The molecule has 0 aliphatic carbocycles. The topological polar surface area (TPSA) is 111 Å². The molecule has 0 radical (unpaired) electrons. The van der Waals surface area contributed by atoms with Crippen molar-refractivity contribution < 1.29 is 32.7 Å². The molecule has 4 amide bonds. The van der Waals surface area contributed by atoms with Crippen molar-refractivity contribution in [2.75, 3.05) is 11.2 Å². The van der Waals surface area contributed by atoms with E-state index >= 15 is 0 Å². The molecular weight excluding hydrogens is 593 g/mol. The number of halogens is 3. The van der Waals surface area contributed by atoms with Gasteiger partial charge in [0, 0.05) is 11.3 Å². The molecule has 1 fully saturated rings. The van der Waals surface area contributed by atoms with Gasteiger partial charge in [0.2, 0.25) is 5.91 Å². The molecule has 3 aromatic rings. The highest BCUT2D eigenvalue weighted by Crippen LogP contribution is 2.40. The molecule has 1 aliphatic rings. The van der Waals surface area contributed by atoms with Crippen LogP contribution in [0.4, 0.5) is 23.7 Å². The van der Waals surface area contributed by atoms with Crippen molar-refractivity contribution >= 4 is 35.3 Å². The molecule has 12 heteroatoms. The standard InChI is InChI=1S/C32H35F3N4O4S/c1-20-11-7-8-14-22(20)18-36-28(41)27-31(2,3)44-19-39(27)29(42)26(40)25(17-21-12-5-4-6-13-21)38-30(43)37-24-16-10-9-15-23(24)32(33,34)35/h4-16,25-27,40H,17-19H2,1-3H3,(H,36,41)(H2,37,38,43). The van der Waals surface area contributed by atoms with E-state index in [0.717, 1.165) is 23.3 Å². The maximum atomic E-state index is 13.8. The summed E-state index contributed by atoms with van der Waals surface area (Å²) in [5, 5.41) is 19.0. The van der Waals surface area contributed by atoms with E-state index < -0.39 is 58.2 Å². The van der Waals surface area contributed by atoms with Crippen molar-refractivity contribution in [2.24, 2.45) is 0 Å². The van der Waals surface area contributed by atoms with Crippen LogP contribution in [0.3, 0.4) is 0 Å². The van der Waals surface area contributed by atoms with Gasteiger partial charge in [-0.1, -0.05) is 66.7 Å². The second-order valence-corrected chi connectivity index (χ2v) is 12.7. The third-order valence-corrected chi connectivity index (χ3v) is 8.90. The van der Waals surface area contributed by atoms with Crippen LogP contribution in [0.15, 0.2) is 78.9 Å². The van der Waals surface area contributed by atoms with Gasteiger partial charge in [0.15, 0.2) is 6.10 Å². The Hall–Kier alpha value is -4.03. The summed E-state index contributed by atoms with van der Waals surface area (Å²) in [6.07, 6.45) is -6.52. The highest BCUT2D eigenvalue weighted by Gasteiger charge is 2.49. The molecule has 8 nitrogen and oxygen atoms in total. The van der Waals surface area contributed by atoms with E-state index in [1.54, 1.807) is 30.3 Å². The molecule has 0 spiro atoms. The van der Waals surface area contributed by atoms with Crippen LogP contribution in [-0.4, -0.2) is 56.7 Å². The largest absolute Gasteiger partial charge is 0.418 e. The molecule has 44 heavy (non-hydrogen) atoms. The zero-order valence-corrected chi connectivity index (χ0v) is 25.3. The number of hydrogen-bond acceptors (Lipinski definition) is 5. The second-order valence-electron chi connectivity index (χ2n) is 11.1. The van der Waals surface area contributed by atoms with Crippen molar-refractivity contribution in [3.05, 3.63) is 101 Å². The zero-order chi connectivity index (χ0) is 32.1. The fourth-order valence-electron chi connectivity index (χ4n) is 5.12. The van der Waals surface area contributed by atoms with Gasteiger partial charge in [0.25, 0.3) is 5.91 Å². The van der Waals surface area contributed by atoms with Crippen LogP contribution in [0.5, 0.6) is 0 Å². The monoisotopic (exact) mass is 628 g/mol. The summed E-state index contributed by atoms with van der Waals surface area (Å²) < 4.78 is 39.8. The number of hydrogen-bond donors (Lipinski definition) is 4. The third kappa shape index (κ3) is 7.92. The average molecular weight is 629 g/mol. The van der Waals surface area contributed by atoms with Crippen LogP contribution in [0.2, 0.25) is 0 Å². The molecule has 1 heterocycles. The first-order chi connectivity index (χ1) is 20.8. The maximum Gasteiger partial charge on any atom is 0.418 e. The Kier molecular flexibility index (Phi) is 10.3. The van der Waals surface area contributed by atoms with Crippen LogP contribution >= 0.6 is 11.8 Å². The highest BCUT2D eigenvalue weighted by molar-refractivity contribution is 8.00. The molecule has 0 saturated carbocycles. The molecule has 4 N–H and O–H groups in total. The van der Waals surface area contributed by atoms with Gasteiger partial charge >= 0.3 is 12.2 Å². The summed E-state index contributed by atoms with van der Waals surface area (Å²) in [5.41, 5.74) is 1.08. The molecule has 234 valence electrons. The van der Waals surface area contributed by atoms with Crippen LogP contribution < -0.4 is 16.0 Å². The number of rotatable bonds is 9. The average Bonchev–Trinajstić information content (AvgIpc) is 3.30. The van der Waals surface area contributed by atoms with Gasteiger partial charge in [0.05, 0.1) is 23.2 Å². The summed E-state index contributed by atoms with van der Waals surface area (Å²) in [7, 11) is 0. The molecule has 3 atom stereocenters. The van der Waals surface area contributed by atoms with E-state index in [4.69, 9.17) is 0 Å². The molecule has 1 aliphatic heterocycles. The molecule has 4 rings (SSSR count). The van der Waals surface area contributed by atoms with Gasteiger partial charge in [-0.25, -0.2) is 4.79 Å². The Labute approximate surface area is 258 Å². The van der Waals surface area contributed by atoms with Crippen molar-refractivity contribution in [3.8, 4) is 0 Å². The molecule has 1 saturated heterocycles. The van der Waals surface area contributed by atoms with Crippen LogP contribution in [0.1, 0.15) is 36.1 Å². The number of aliphatic hydroxyl groups is 1. The first-order valence-corrected chi connectivity index (χ1v) is 15.0. The van der Waals surface area contributed by atoms with E-state index in [9.17, 15) is 32.7 Å². The minimum Gasteiger partial charge on any atom is -0.381 e. The molecular formula is C32H35F3N4O4S. The van der Waals surface area contributed by atoms with Crippen LogP contribution in [-0.2, 0) is 28.7 Å². The minimum absolute atomic E-state index is 0.00337. The van der Waals surface area contributed by atoms with Gasteiger partial charge in [-0.05, 0) is 56.0 Å². The Morgan fingerprint density at radius 2 is 1.64 bits per heavy atom. The fourth-order valence-corrected chi connectivity index (χ4v) is 6.26. The normalized spacial score (nSPS) is 17.4. The number of carbonyl (C=O) groups excluding carboxylic acids is 3. The van der Waals surface area contributed by atoms with E-state index in [2.05, 4.69) is 16.0 Å². The first-order valence-electron chi connectivity index (χ1n) is 14.0. The summed E-state index contributed by atoms with van der Waals surface area (Å²) >= 11 is 1.38. The van der Waals surface area contributed by atoms with E-state index in [0.29, 0.717) is 5.56 Å². The van der Waals surface area contributed by atoms with Crippen molar-refractivity contribution in [3.63, 3.8) is 0 Å². The number of nitrogens with one attached hydrogen (secondary N) is 3. The molecule has 0 bridgehead atoms. The van der Waals surface area contributed by atoms with Gasteiger partial charge < -0.3 is 26.0 Å². The minimum atomic E-state index is -4.71.